The zero-order valence-electron chi connectivity index (χ0n) is 6.94. The van der Waals surface area contributed by atoms with E-state index in [1.165, 1.54) is 10.7 Å². The van der Waals surface area contributed by atoms with Gasteiger partial charge in [-0.05, 0) is 22.0 Å². The Labute approximate surface area is 89.7 Å². The Kier molecular flexibility index (Phi) is 2.18. The van der Waals surface area contributed by atoms with Crippen molar-refractivity contribution in [3.8, 4) is 11.8 Å². The van der Waals surface area contributed by atoms with Gasteiger partial charge in [-0.2, -0.15) is 10.4 Å². The van der Waals surface area contributed by atoms with Crippen LogP contribution in [0.15, 0.2) is 22.9 Å². The Morgan fingerprint density at radius 2 is 2.43 bits per heavy atom. The zero-order valence-corrected chi connectivity index (χ0v) is 8.52. The Morgan fingerprint density at radius 1 is 1.64 bits per heavy atom. The molecule has 0 aliphatic rings. The third kappa shape index (κ3) is 1.26. The SMILES string of the molecule is [B]Oc1cc(Br)c2c(C#N)cnn2c1. The second-order valence-corrected chi connectivity index (χ2v) is 3.46. The van der Waals surface area contributed by atoms with Crippen molar-refractivity contribution >= 4 is 29.5 Å². The zero-order chi connectivity index (χ0) is 10.1. The molecule has 0 aliphatic carbocycles. The van der Waals surface area contributed by atoms with Crippen LogP contribution in [0.25, 0.3) is 5.52 Å². The molecule has 0 aromatic carbocycles. The number of fused-ring (bicyclic) bond motifs is 1. The van der Waals surface area contributed by atoms with Crippen molar-refractivity contribution in [2.75, 3.05) is 0 Å². The van der Waals surface area contributed by atoms with E-state index >= 15 is 0 Å². The highest BCUT2D eigenvalue weighted by molar-refractivity contribution is 9.10. The summed E-state index contributed by atoms with van der Waals surface area (Å²) in [6, 6.07) is 3.72. The number of hydrogen-bond acceptors (Lipinski definition) is 3. The maximum atomic E-state index is 8.80. The summed E-state index contributed by atoms with van der Waals surface area (Å²) in [7, 11) is 5.02. The average molecular weight is 248 g/mol. The molecule has 0 N–H and O–H groups in total. The Balaban J connectivity index is 2.80. The van der Waals surface area contributed by atoms with E-state index in [1.54, 1.807) is 12.3 Å². The number of nitriles is 1. The molecule has 0 unspecified atom stereocenters. The normalized spacial score (nSPS) is 10.0. The van der Waals surface area contributed by atoms with Crippen LogP contribution in [0.5, 0.6) is 5.75 Å². The van der Waals surface area contributed by atoms with Crippen LogP contribution in [0.3, 0.4) is 0 Å². The lowest BCUT2D eigenvalue weighted by atomic mass is 10.3. The van der Waals surface area contributed by atoms with Crippen molar-refractivity contribution in [3.05, 3.63) is 28.5 Å². The molecule has 0 saturated carbocycles. The lowest BCUT2D eigenvalue weighted by Crippen LogP contribution is -1.92. The predicted molar refractivity (Wildman–Crippen MR) is 54.0 cm³/mol. The monoisotopic (exact) mass is 247 g/mol. The van der Waals surface area contributed by atoms with E-state index in [4.69, 9.17) is 13.3 Å². The van der Waals surface area contributed by atoms with Gasteiger partial charge in [0.1, 0.15) is 11.8 Å². The highest BCUT2D eigenvalue weighted by Gasteiger charge is 2.08. The molecule has 0 atom stereocenters. The Hall–Kier alpha value is -1.48. The number of aromatic nitrogens is 2. The summed E-state index contributed by atoms with van der Waals surface area (Å²) >= 11 is 3.31. The van der Waals surface area contributed by atoms with Crippen molar-refractivity contribution in [1.29, 1.82) is 5.26 Å². The first-order chi connectivity index (χ1) is 6.76. The average Bonchev–Trinajstić information content (AvgIpc) is 2.61. The summed E-state index contributed by atoms with van der Waals surface area (Å²) in [5.74, 6) is 0.469. The van der Waals surface area contributed by atoms with Crippen LogP contribution >= 0.6 is 15.9 Å². The lowest BCUT2D eigenvalue weighted by Gasteiger charge is -2.02. The van der Waals surface area contributed by atoms with Gasteiger partial charge in [-0.1, -0.05) is 0 Å². The van der Waals surface area contributed by atoms with Gasteiger partial charge in [-0.15, -0.1) is 0 Å². The van der Waals surface area contributed by atoms with Crippen molar-refractivity contribution in [2.45, 2.75) is 0 Å². The Bertz CT molecular complexity index is 531. The van der Waals surface area contributed by atoms with Gasteiger partial charge in [0.05, 0.1) is 23.5 Å². The fourth-order valence-corrected chi connectivity index (χ4v) is 1.82. The second-order valence-electron chi connectivity index (χ2n) is 2.60. The van der Waals surface area contributed by atoms with Crippen molar-refractivity contribution in [1.82, 2.24) is 9.61 Å². The highest BCUT2D eigenvalue weighted by Crippen LogP contribution is 2.25. The fourth-order valence-electron chi connectivity index (χ4n) is 1.20. The molecule has 0 spiro atoms. The molecule has 14 heavy (non-hydrogen) atoms. The maximum absolute atomic E-state index is 8.80. The van der Waals surface area contributed by atoms with E-state index in [0.717, 1.165) is 4.47 Å². The third-order valence-electron chi connectivity index (χ3n) is 1.80. The molecule has 2 rings (SSSR count). The molecule has 2 aromatic heterocycles. The number of halogens is 1. The molecule has 0 saturated heterocycles. The van der Waals surface area contributed by atoms with Gasteiger partial charge in [-0.25, -0.2) is 4.52 Å². The summed E-state index contributed by atoms with van der Waals surface area (Å²) in [4.78, 5) is 0. The molecule has 6 heteroatoms. The van der Waals surface area contributed by atoms with Crippen molar-refractivity contribution in [2.24, 2.45) is 0 Å². The molecule has 4 nitrogen and oxygen atoms in total. The van der Waals surface area contributed by atoms with E-state index in [1.807, 2.05) is 6.07 Å². The molecule has 0 aliphatic heterocycles. The smallest absolute Gasteiger partial charge is 0.374 e. The third-order valence-corrected chi connectivity index (χ3v) is 2.40. The van der Waals surface area contributed by atoms with Crippen LogP contribution in [0.1, 0.15) is 5.56 Å². The molecule has 0 amide bonds. The second kappa shape index (κ2) is 3.35. The van der Waals surface area contributed by atoms with Gasteiger partial charge >= 0.3 is 8.05 Å². The largest absolute Gasteiger partial charge is 0.567 e. The minimum atomic E-state index is 0.469. The van der Waals surface area contributed by atoms with Crippen LogP contribution in [-0.2, 0) is 0 Å². The van der Waals surface area contributed by atoms with Gasteiger partial charge in [0.15, 0.2) is 0 Å². The number of pyridine rings is 1. The van der Waals surface area contributed by atoms with Gasteiger partial charge in [-0.3, -0.25) is 0 Å². The summed E-state index contributed by atoms with van der Waals surface area (Å²) in [5, 5.41) is 12.8. The number of nitrogens with zero attached hydrogens (tertiary/aromatic N) is 3. The fraction of sp³-hybridized carbons (Fsp3) is 0. The molecular weight excluding hydrogens is 245 g/mol. The lowest BCUT2D eigenvalue weighted by molar-refractivity contribution is 0.607. The predicted octanol–water partition coefficient (Wildman–Crippen LogP) is 1.43. The van der Waals surface area contributed by atoms with Gasteiger partial charge in [0, 0.05) is 4.47 Å². The molecule has 0 bridgehead atoms. The van der Waals surface area contributed by atoms with Crippen LogP contribution in [0, 0.1) is 11.3 Å². The first kappa shape index (κ1) is 9.09. The minimum Gasteiger partial charge on any atom is -0.567 e. The van der Waals surface area contributed by atoms with E-state index < -0.39 is 0 Å². The van der Waals surface area contributed by atoms with E-state index in [0.29, 0.717) is 16.8 Å². The van der Waals surface area contributed by atoms with E-state index in [2.05, 4.69) is 25.7 Å². The van der Waals surface area contributed by atoms with Gasteiger partial charge < -0.3 is 4.65 Å². The quantitative estimate of drug-likeness (QED) is 0.717. The minimum absolute atomic E-state index is 0.469. The summed E-state index contributed by atoms with van der Waals surface area (Å²) < 4.78 is 6.82. The highest BCUT2D eigenvalue weighted by atomic mass is 79.9. The summed E-state index contributed by atoms with van der Waals surface area (Å²) in [6.45, 7) is 0. The number of rotatable bonds is 1. The van der Waals surface area contributed by atoms with Crippen LogP contribution < -0.4 is 4.65 Å². The van der Waals surface area contributed by atoms with Crippen LogP contribution in [0.4, 0.5) is 0 Å². The van der Waals surface area contributed by atoms with E-state index in [9.17, 15) is 0 Å². The first-order valence-corrected chi connectivity index (χ1v) is 4.49. The standard InChI is InChI=1S/C8H3BBrN3O/c9-14-6-1-7(10)8-5(2-11)3-12-13(8)4-6/h1,3-4H. The topological polar surface area (TPSA) is 50.3 Å². The molecule has 0 fully saturated rings. The van der Waals surface area contributed by atoms with Crippen molar-refractivity contribution < 1.29 is 4.65 Å². The molecule has 2 heterocycles. The first-order valence-electron chi connectivity index (χ1n) is 3.70. The number of hydrogen-bond donors (Lipinski definition) is 0. The van der Waals surface area contributed by atoms with Crippen molar-refractivity contribution in [3.63, 3.8) is 0 Å². The summed E-state index contributed by atoms with van der Waals surface area (Å²) in [6.07, 6.45) is 3.08. The van der Waals surface area contributed by atoms with Crippen LogP contribution in [-0.4, -0.2) is 17.7 Å². The van der Waals surface area contributed by atoms with Crippen LogP contribution in [0.2, 0.25) is 0 Å². The van der Waals surface area contributed by atoms with E-state index in [-0.39, 0.29) is 0 Å². The molecule has 66 valence electrons. The molecule has 2 aromatic rings. The summed E-state index contributed by atoms with van der Waals surface area (Å²) in [5.41, 5.74) is 1.20. The van der Waals surface area contributed by atoms with Gasteiger partial charge in [0.2, 0.25) is 0 Å². The maximum Gasteiger partial charge on any atom is 0.374 e. The molecule has 2 radical (unpaired) electrons. The van der Waals surface area contributed by atoms with Gasteiger partial charge in [0.25, 0.3) is 0 Å². The molecular formula is C8H3BBrN3O. The Morgan fingerprint density at radius 3 is 3.07 bits per heavy atom.